The van der Waals surface area contributed by atoms with E-state index < -0.39 is 5.92 Å². The van der Waals surface area contributed by atoms with Gasteiger partial charge in [0.25, 0.3) is 5.92 Å². The Hall–Kier alpha value is -0.180. The van der Waals surface area contributed by atoms with E-state index in [9.17, 15) is 8.78 Å². The lowest BCUT2D eigenvalue weighted by Crippen LogP contribution is -2.43. The number of halogens is 2. The van der Waals surface area contributed by atoms with Gasteiger partial charge in [0.05, 0.1) is 0 Å². The highest BCUT2D eigenvalue weighted by Crippen LogP contribution is 2.35. The van der Waals surface area contributed by atoms with Crippen LogP contribution in [-0.4, -0.2) is 30.5 Å². The van der Waals surface area contributed by atoms with Crippen LogP contribution in [0.5, 0.6) is 0 Å². The molecular weight excluding hydrogens is 184 g/mol. The Morgan fingerprint density at radius 2 is 1.79 bits per heavy atom. The second kappa shape index (κ2) is 3.76. The first kappa shape index (κ1) is 10.3. The van der Waals surface area contributed by atoms with Gasteiger partial charge in [-0.05, 0) is 24.7 Å². The highest BCUT2D eigenvalue weighted by Gasteiger charge is 2.35. The minimum absolute atomic E-state index is 0.0648. The molecule has 0 bridgehead atoms. The maximum absolute atomic E-state index is 12.8. The van der Waals surface area contributed by atoms with Gasteiger partial charge < -0.3 is 4.90 Å². The van der Waals surface area contributed by atoms with Gasteiger partial charge in [-0.1, -0.05) is 6.92 Å². The van der Waals surface area contributed by atoms with E-state index in [-0.39, 0.29) is 12.8 Å². The third-order valence-corrected chi connectivity index (χ3v) is 3.58. The number of hydrogen-bond donors (Lipinski definition) is 0. The summed E-state index contributed by atoms with van der Waals surface area (Å²) in [7, 11) is 0. The van der Waals surface area contributed by atoms with Gasteiger partial charge in [0.2, 0.25) is 0 Å². The molecule has 0 atom stereocenters. The summed E-state index contributed by atoms with van der Waals surface area (Å²) in [5.41, 5.74) is 0. The second-order valence-electron chi connectivity index (χ2n) is 5.10. The van der Waals surface area contributed by atoms with Gasteiger partial charge in [0.1, 0.15) is 0 Å². The van der Waals surface area contributed by atoms with E-state index in [1.54, 1.807) is 0 Å². The van der Waals surface area contributed by atoms with Crippen LogP contribution in [0.15, 0.2) is 0 Å². The molecule has 1 saturated heterocycles. The van der Waals surface area contributed by atoms with Crippen molar-refractivity contribution in [3.63, 3.8) is 0 Å². The minimum atomic E-state index is -2.39. The van der Waals surface area contributed by atoms with E-state index >= 15 is 0 Å². The maximum atomic E-state index is 12.8. The normalized spacial score (nSPS) is 37.9. The van der Waals surface area contributed by atoms with Gasteiger partial charge in [-0.25, -0.2) is 8.78 Å². The molecule has 82 valence electrons. The predicted octanol–water partition coefficient (Wildman–Crippen LogP) is 2.76. The molecule has 3 heteroatoms. The van der Waals surface area contributed by atoms with Gasteiger partial charge in [-0.2, -0.15) is 0 Å². The molecule has 1 aliphatic carbocycles. The minimum Gasteiger partial charge on any atom is -0.303 e. The van der Waals surface area contributed by atoms with E-state index in [1.165, 1.54) is 12.8 Å². The summed E-state index contributed by atoms with van der Waals surface area (Å²) in [5, 5.41) is 0. The molecule has 0 N–H and O–H groups in total. The molecule has 2 fully saturated rings. The fraction of sp³-hybridized carbons (Fsp3) is 1.00. The number of alkyl halides is 2. The molecule has 1 aliphatic heterocycles. The molecular formula is C11H19F2N. The summed E-state index contributed by atoms with van der Waals surface area (Å²) in [4.78, 5) is 2.22. The first-order valence-corrected chi connectivity index (χ1v) is 5.65. The van der Waals surface area contributed by atoms with Crippen LogP contribution in [0.3, 0.4) is 0 Å². The number of hydrogen-bond acceptors (Lipinski definition) is 1. The monoisotopic (exact) mass is 203 g/mol. The topological polar surface area (TPSA) is 3.24 Å². The molecule has 0 aromatic rings. The van der Waals surface area contributed by atoms with Crippen molar-refractivity contribution in [2.24, 2.45) is 11.8 Å². The largest absolute Gasteiger partial charge is 0.303 e. The maximum Gasteiger partial charge on any atom is 0.250 e. The number of likely N-dealkylation sites (tertiary alicyclic amines) is 1. The zero-order chi connectivity index (χ0) is 10.2. The van der Waals surface area contributed by atoms with Crippen molar-refractivity contribution in [2.45, 2.75) is 38.5 Å². The molecule has 1 heterocycles. The molecule has 2 rings (SSSR count). The molecule has 0 aromatic carbocycles. The molecule has 0 aromatic heterocycles. The van der Waals surface area contributed by atoms with Gasteiger partial charge in [0, 0.05) is 32.5 Å². The van der Waals surface area contributed by atoms with Crippen molar-refractivity contribution in [3.05, 3.63) is 0 Å². The fourth-order valence-electron chi connectivity index (χ4n) is 2.65. The van der Waals surface area contributed by atoms with Crippen LogP contribution < -0.4 is 0 Å². The van der Waals surface area contributed by atoms with Crippen molar-refractivity contribution in [3.8, 4) is 0 Å². The Balaban J connectivity index is 1.69. The average Bonchev–Trinajstić information content (AvgIpc) is 2.06. The van der Waals surface area contributed by atoms with Crippen LogP contribution in [0.2, 0.25) is 0 Å². The summed E-state index contributed by atoms with van der Waals surface area (Å²) >= 11 is 0. The lowest BCUT2D eigenvalue weighted by Gasteiger charge is -2.39. The van der Waals surface area contributed by atoms with Crippen LogP contribution in [-0.2, 0) is 0 Å². The van der Waals surface area contributed by atoms with Crippen LogP contribution in [0.4, 0.5) is 8.78 Å². The van der Waals surface area contributed by atoms with Crippen LogP contribution >= 0.6 is 0 Å². The number of nitrogens with zero attached hydrogens (tertiary/aromatic N) is 1. The summed E-state index contributed by atoms with van der Waals surface area (Å²) in [6, 6.07) is 0. The summed E-state index contributed by atoms with van der Waals surface area (Å²) in [5.74, 6) is -0.730. The first-order chi connectivity index (χ1) is 6.55. The molecule has 0 unspecified atom stereocenters. The number of piperidine rings is 1. The van der Waals surface area contributed by atoms with Crippen LogP contribution in [0, 0.1) is 11.8 Å². The molecule has 2 aliphatic rings. The average molecular weight is 203 g/mol. The number of rotatable bonds is 2. The summed E-state index contributed by atoms with van der Waals surface area (Å²) in [6.07, 6.45) is 2.73. The van der Waals surface area contributed by atoms with Crippen LogP contribution in [0.25, 0.3) is 0 Å². The standard InChI is InChI=1S/C11H19F2N/c1-9-6-10(7-9)8-14-4-2-11(12,13)3-5-14/h9-10H,2-8H2,1H3. The van der Waals surface area contributed by atoms with E-state index in [0.717, 1.165) is 18.4 Å². The Kier molecular flexibility index (Phi) is 2.78. The predicted molar refractivity (Wildman–Crippen MR) is 52.5 cm³/mol. The van der Waals surface area contributed by atoms with Crippen molar-refractivity contribution in [1.29, 1.82) is 0 Å². The Bertz CT molecular complexity index is 189. The third-order valence-electron chi connectivity index (χ3n) is 3.58. The lowest BCUT2D eigenvalue weighted by atomic mass is 9.76. The molecule has 14 heavy (non-hydrogen) atoms. The van der Waals surface area contributed by atoms with Crippen molar-refractivity contribution < 1.29 is 8.78 Å². The van der Waals surface area contributed by atoms with Crippen LogP contribution in [0.1, 0.15) is 32.6 Å². The second-order valence-corrected chi connectivity index (χ2v) is 5.10. The molecule has 0 radical (unpaired) electrons. The highest BCUT2D eigenvalue weighted by molar-refractivity contribution is 4.83. The third kappa shape index (κ3) is 2.44. The SMILES string of the molecule is CC1CC(CN2CCC(F)(F)CC2)C1. The first-order valence-electron chi connectivity index (χ1n) is 5.65. The van der Waals surface area contributed by atoms with E-state index in [4.69, 9.17) is 0 Å². The van der Waals surface area contributed by atoms with E-state index in [0.29, 0.717) is 13.1 Å². The van der Waals surface area contributed by atoms with Gasteiger partial charge in [-0.3, -0.25) is 0 Å². The van der Waals surface area contributed by atoms with Crippen molar-refractivity contribution >= 4 is 0 Å². The zero-order valence-electron chi connectivity index (χ0n) is 8.81. The highest BCUT2D eigenvalue weighted by atomic mass is 19.3. The quantitative estimate of drug-likeness (QED) is 0.667. The fourth-order valence-corrected chi connectivity index (χ4v) is 2.65. The van der Waals surface area contributed by atoms with E-state index in [2.05, 4.69) is 11.8 Å². The van der Waals surface area contributed by atoms with Gasteiger partial charge in [0.15, 0.2) is 0 Å². The van der Waals surface area contributed by atoms with Gasteiger partial charge >= 0.3 is 0 Å². The molecule has 1 saturated carbocycles. The Morgan fingerprint density at radius 1 is 1.21 bits per heavy atom. The summed E-state index contributed by atoms with van der Waals surface area (Å²) < 4.78 is 25.7. The van der Waals surface area contributed by atoms with Gasteiger partial charge in [-0.15, -0.1) is 0 Å². The Labute approximate surface area is 84.5 Å². The lowest BCUT2D eigenvalue weighted by molar-refractivity contribution is -0.0603. The van der Waals surface area contributed by atoms with E-state index in [1.807, 2.05) is 0 Å². The Morgan fingerprint density at radius 3 is 2.29 bits per heavy atom. The molecule has 0 spiro atoms. The van der Waals surface area contributed by atoms with Crippen molar-refractivity contribution in [2.75, 3.05) is 19.6 Å². The summed E-state index contributed by atoms with van der Waals surface area (Å²) in [6.45, 7) is 4.51. The molecule has 0 amide bonds. The zero-order valence-corrected chi connectivity index (χ0v) is 8.81. The molecule has 1 nitrogen and oxygen atoms in total. The van der Waals surface area contributed by atoms with Crippen molar-refractivity contribution in [1.82, 2.24) is 4.90 Å². The smallest absolute Gasteiger partial charge is 0.250 e.